The lowest BCUT2D eigenvalue weighted by atomic mass is 10.0. The fourth-order valence-corrected chi connectivity index (χ4v) is 2.03. The Morgan fingerprint density at radius 3 is 2.50 bits per heavy atom. The van der Waals surface area contributed by atoms with Crippen LogP contribution < -0.4 is 0 Å². The monoisotopic (exact) mass is 301 g/mol. The number of aliphatic hydroxyl groups is 1. The summed E-state index contributed by atoms with van der Waals surface area (Å²) in [6, 6.07) is 10.3. The van der Waals surface area contributed by atoms with E-state index in [2.05, 4.69) is 28.7 Å². The molecule has 0 aliphatic carbocycles. The van der Waals surface area contributed by atoms with E-state index in [1.54, 1.807) is 0 Å². The van der Waals surface area contributed by atoms with Crippen molar-refractivity contribution in [2.75, 3.05) is 20.1 Å². The highest BCUT2D eigenvalue weighted by atomic mass is 35.5. The summed E-state index contributed by atoms with van der Waals surface area (Å²) in [5.41, 5.74) is 1.30. The number of rotatable bonds is 7. The summed E-state index contributed by atoms with van der Waals surface area (Å²) in [5.74, 6) is -0.0233. The van der Waals surface area contributed by atoms with Crippen molar-refractivity contribution in [2.24, 2.45) is 0 Å². The average Bonchev–Trinajstić information content (AvgIpc) is 2.36. The van der Waals surface area contributed by atoms with Gasteiger partial charge in [0.05, 0.1) is 0 Å². The van der Waals surface area contributed by atoms with Crippen LogP contribution in [0.3, 0.4) is 0 Å². The van der Waals surface area contributed by atoms with Gasteiger partial charge in [0, 0.05) is 26.4 Å². The first kappa shape index (κ1) is 18.9. The van der Waals surface area contributed by atoms with Gasteiger partial charge in [0.2, 0.25) is 6.29 Å². The van der Waals surface area contributed by atoms with E-state index in [9.17, 15) is 9.90 Å². The number of esters is 1. The van der Waals surface area contributed by atoms with Crippen molar-refractivity contribution < 1.29 is 14.6 Å². The maximum absolute atomic E-state index is 10.7. The standard InChI is InChI=1S/C15H23NO3.ClH/c1-12(14-7-5-4-6-8-14)11-16(3)10-9-15(18)19-13(2)17;/h4-8,12,15,18H,9-11H2,1-3H3;1H. The molecular formula is C15H24ClNO3. The zero-order chi connectivity index (χ0) is 14.3. The summed E-state index contributed by atoms with van der Waals surface area (Å²) >= 11 is 0. The van der Waals surface area contributed by atoms with Gasteiger partial charge in [-0.3, -0.25) is 4.79 Å². The van der Waals surface area contributed by atoms with Crippen molar-refractivity contribution in [3.05, 3.63) is 35.9 Å². The number of likely N-dealkylation sites (N-methyl/N-ethyl adjacent to an activating group) is 1. The van der Waals surface area contributed by atoms with Crippen LogP contribution >= 0.6 is 12.4 Å². The Morgan fingerprint density at radius 2 is 1.95 bits per heavy atom. The van der Waals surface area contributed by atoms with Crippen molar-refractivity contribution in [3.63, 3.8) is 0 Å². The van der Waals surface area contributed by atoms with Gasteiger partial charge in [-0.15, -0.1) is 12.4 Å². The van der Waals surface area contributed by atoms with Crippen LogP contribution in [0.25, 0.3) is 0 Å². The molecule has 1 N–H and O–H groups in total. The highest BCUT2D eigenvalue weighted by molar-refractivity contribution is 5.85. The van der Waals surface area contributed by atoms with Crippen LogP contribution in [0.2, 0.25) is 0 Å². The van der Waals surface area contributed by atoms with Gasteiger partial charge in [0.25, 0.3) is 0 Å². The number of carbonyl (C=O) groups is 1. The fraction of sp³-hybridized carbons (Fsp3) is 0.533. The molecule has 0 aliphatic heterocycles. The molecule has 114 valence electrons. The minimum atomic E-state index is -1.01. The molecule has 0 amide bonds. The summed E-state index contributed by atoms with van der Waals surface area (Å²) in [7, 11) is 2.00. The third-order valence-electron chi connectivity index (χ3n) is 3.01. The molecule has 4 nitrogen and oxygen atoms in total. The Labute approximate surface area is 127 Å². The van der Waals surface area contributed by atoms with Crippen LogP contribution in [-0.2, 0) is 9.53 Å². The lowest BCUT2D eigenvalue weighted by Crippen LogP contribution is -2.28. The molecule has 2 unspecified atom stereocenters. The number of hydrogen-bond acceptors (Lipinski definition) is 4. The largest absolute Gasteiger partial charge is 0.436 e. The molecule has 0 aliphatic rings. The normalized spacial score (nSPS) is 13.4. The number of carbonyl (C=O) groups excluding carboxylic acids is 1. The summed E-state index contributed by atoms with van der Waals surface area (Å²) < 4.78 is 4.68. The minimum absolute atomic E-state index is 0. The number of aliphatic hydroxyl groups excluding tert-OH is 1. The average molecular weight is 302 g/mol. The molecule has 1 rings (SSSR count). The van der Waals surface area contributed by atoms with Crippen LogP contribution in [0.15, 0.2) is 30.3 Å². The molecule has 0 spiro atoms. The van der Waals surface area contributed by atoms with E-state index < -0.39 is 12.3 Å². The van der Waals surface area contributed by atoms with Crippen molar-refractivity contribution in [1.82, 2.24) is 4.90 Å². The van der Waals surface area contributed by atoms with E-state index in [-0.39, 0.29) is 12.4 Å². The lowest BCUT2D eigenvalue weighted by Gasteiger charge is -2.22. The predicted octanol–water partition coefficient (Wildman–Crippen LogP) is 2.42. The molecule has 0 fully saturated rings. The zero-order valence-electron chi connectivity index (χ0n) is 12.3. The van der Waals surface area contributed by atoms with Gasteiger partial charge in [-0.25, -0.2) is 0 Å². The van der Waals surface area contributed by atoms with Crippen molar-refractivity contribution >= 4 is 18.4 Å². The number of hydrogen-bond donors (Lipinski definition) is 1. The highest BCUT2D eigenvalue weighted by Crippen LogP contribution is 2.15. The maximum Gasteiger partial charge on any atom is 0.304 e. The van der Waals surface area contributed by atoms with Gasteiger partial charge in [0.1, 0.15) is 0 Å². The maximum atomic E-state index is 10.7. The second-order valence-corrected chi connectivity index (χ2v) is 4.93. The lowest BCUT2D eigenvalue weighted by molar-refractivity contribution is -0.166. The number of benzene rings is 1. The van der Waals surface area contributed by atoms with Crippen LogP contribution in [0.1, 0.15) is 31.7 Å². The summed E-state index contributed by atoms with van der Waals surface area (Å²) in [6.07, 6.45) is -0.579. The first-order valence-electron chi connectivity index (χ1n) is 6.58. The van der Waals surface area contributed by atoms with Crippen LogP contribution in [0.4, 0.5) is 0 Å². The Kier molecular flexibility index (Phi) is 9.21. The molecule has 1 aromatic rings. The first-order valence-corrected chi connectivity index (χ1v) is 6.58. The summed E-state index contributed by atoms with van der Waals surface area (Å²) in [4.78, 5) is 12.8. The Bertz CT molecular complexity index is 386. The number of nitrogens with zero attached hydrogens (tertiary/aromatic N) is 1. The van der Waals surface area contributed by atoms with E-state index in [0.29, 0.717) is 18.9 Å². The minimum Gasteiger partial charge on any atom is -0.436 e. The molecule has 1 aromatic carbocycles. The smallest absolute Gasteiger partial charge is 0.304 e. The van der Waals surface area contributed by atoms with Crippen LogP contribution in [0, 0.1) is 0 Å². The van der Waals surface area contributed by atoms with E-state index in [1.165, 1.54) is 12.5 Å². The van der Waals surface area contributed by atoms with Gasteiger partial charge in [-0.05, 0) is 18.5 Å². The molecule has 2 atom stereocenters. The molecule has 0 saturated heterocycles. The summed E-state index contributed by atoms with van der Waals surface area (Å²) in [5, 5.41) is 9.45. The predicted molar refractivity (Wildman–Crippen MR) is 82.0 cm³/mol. The SMILES string of the molecule is CC(=O)OC(O)CCN(C)CC(C)c1ccccc1.Cl. The van der Waals surface area contributed by atoms with Gasteiger partial charge in [0.15, 0.2) is 0 Å². The molecule has 0 aromatic heterocycles. The van der Waals surface area contributed by atoms with Crippen LogP contribution in [0.5, 0.6) is 0 Å². The third kappa shape index (κ3) is 7.48. The van der Waals surface area contributed by atoms with Gasteiger partial charge in [-0.1, -0.05) is 37.3 Å². The molecule has 20 heavy (non-hydrogen) atoms. The number of halogens is 1. The third-order valence-corrected chi connectivity index (χ3v) is 3.01. The Hall–Kier alpha value is -1.10. The molecule has 0 radical (unpaired) electrons. The van der Waals surface area contributed by atoms with Gasteiger partial charge >= 0.3 is 5.97 Å². The molecular weight excluding hydrogens is 278 g/mol. The molecule has 0 bridgehead atoms. The topological polar surface area (TPSA) is 49.8 Å². The zero-order valence-corrected chi connectivity index (χ0v) is 13.1. The molecule has 0 heterocycles. The number of ether oxygens (including phenoxy) is 1. The molecule has 5 heteroatoms. The quantitative estimate of drug-likeness (QED) is 0.621. The highest BCUT2D eigenvalue weighted by Gasteiger charge is 2.12. The van der Waals surface area contributed by atoms with E-state index in [1.807, 2.05) is 25.2 Å². The van der Waals surface area contributed by atoms with Gasteiger partial charge in [-0.2, -0.15) is 0 Å². The Balaban J connectivity index is 0.00000361. The van der Waals surface area contributed by atoms with E-state index in [4.69, 9.17) is 0 Å². The van der Waals surface area contributed by atoms with Crippen molar-refractivity contribution in [1.29, 1.82) is 0 Å². The Morgan fingerprint density at radius 1 is 1.35 bits per heavy atom. The van der Waals surface area contributed by atoms with Gasteiger partial charge < -0.3 is 14.7 Å². The molecule has 0 saturated carbocycles. The fourth-order valence-electron chi connectivity index (χ4n) is 2.03. The van der Waals surface area contributed by atoms with Crippen molar-refractivity contribution in [3.8, 4) is 0 Å². The van der Waals surface area contributed by atoms with Crippen LogP contribution in [-0.4, -0.2) is 42.4 Å². The second kappa shape index (κ2) is 9.75. The summed E-state index contributed by atoms with van der Waals surface area (Å²) in [6.45, 7) is 5.06. The van der Waals surface area contributed by atoms with E-state index >= 15 is 0 Å². The van der Waals surface area contributed by atoms with E-state index in [0.717, 1.165) is 6.54 Å². The second-order valence-electron chi connectivity index (χ2n) is 4.93. The first-order chi connectivity index (χ1) is 8.99. The van der Waals surface area contributed by atoms with Crippen molar-refractivity contribution in [2.45, 2.75) is 32.5 Å².